The van der Waals surface area contributed by atoms with Gasteiger partial charge in [-0.05, 0) is 25.3 Å². The van der Waals surface area contributed by atoms with Gasteiger partial charge in [-0.2, -0.15) is 0 Å². The summed E-state index contributed by atoms with van der Waals surface area (Å²) in [6, 6.07) is 8.79. The first kappa shape index (κ1) is 7.35. The van der Waals surface area contributed by atoms with Crippen molar-refractivity contribution < 1.29 is 0 Å². The molecule has 0 radical (unpaired) electrons. The number of halogens is 1. The van der Waals surface area contributed by atoms with Crippen LogP contribution in [0, 0.1) is 6.92 Å². The van der Waals surface area contributed by atoms with Crippen LogP contribution in [0.5, 0.6) is 0 Å². The van der Waals surface area contributed by atoms with Crippen LogP contribution >= 0.6 is 15.9 Å². The second-order valence-electron chi connectivity index (χ2n) is 3.33. The first-order chi connectivity index (χ1) is 5.21. The van der Waals surface area contributed by atoms with E-state index in [1.807, 2.05) is 0 Å². The van der Waals surface area contributed by atoms with Crippen LogP contribution in [0.2, 0.25) is 0 Å². The van der Waals surface area contributed by atoms with Crippen molar-refractivity contribution in [2.24, 2.45) is 0 Å². The van der Waals surface area contributed by atoms with E-state index in [4.69, 9.17) is 0 Å². The van der Waals surface area contributed by atoms with Crippen LogP contribution in [-0.2, 0) is 4.32 Å². The maximum atomic E-state index is 3.72. The van der Waals surface area contributed by atoms with Crippen molar-refractivity contribution in [1.29, 1.82) is 0 Å². The maximum absolute atomic E-state index is 3.72. The molecular weight excluding hydrogens is 200 g/mol. The van der Waals surface area contributed by atoms with Gasteiger partial charge in [0.15, 0.2) is 0 Å². The van der Waals surface area contributed by atoms with Crippen LogP contribution in [0.15, 0.2) is 24.3 Å². The van der Waals surface area contributed by atoms with E-state index >= 15 is 0 Å². The molecule has 0 aliphatic heterocycles. The molecule has 1 fully saturated rings. The van der Waals surface area contributed by atoms with Crippen LogP contribution in [0.4, 0.5) is 0 Å². The molecule has 1 aliphatic carbocycles. The fourth-order valence-corrected chi connectivity index (χ4v) is 1.71. The predicted octanol–water partition coefficient (Wildman–Crippen LogP) is 3.38. The zero-order valence-electron chi connectivity index (χ0n) is 6.60. The second-order valence-corrected chi connectivity index (χ2v) is 4.85. The number of rotatable bonds is 1. The molecule has 0 atom stereocenters. The summed E-state index contributed by atoms with van der Waals surface area (Å²) in [6.45, 7) is 2.12. The van der Waals surface area contributed by atoms with Gasteiger partial charge in [0.05, 0.1) is 4.32 Å². The average Bonchev–Trinajstić information content (AvgIpc) is 2.70. The first-order valence-corrected chi connectivity index (χ1v) is 4.76. The van der Waals surface area contributed by atoms with E-state index in [-0.39, 0.29) is 0 Å². The lowest BCUT2D eigenvalue weighted by atomic mass is 10.1. The molecule has 0 amide bonds. The summed E-state index contributed by atoms with van der Waals surface area (Å²) in [7, 11) is 0. The molecule has 1 aliphatic rings. The maximum Gasteiger partial charge on any atom is 0.0507 e. The lowest BCUT2D eigenvalue weighted by molar-refractivity contribution is 1.06. The Morgan fingerprint density at radius 3 is 2.18 bits per heavy atom. The fourth-order valence-electron chi connectivity index (χ4n) is 1.25. The molecule has 58 valence electrons. The zero-order valence-corrected chi connectivity index (χ0v) is 8.19. The van der Waals surface area contributed by atoms with Crippen LogP contribution < -0.4 is 0 Å². The Kier molecular flexibility index (Phi) is 1.57. The number of hydrogen-bond donors (Lipinski definition) is 0. The summed E-state index contributed by atoms with van der Waals surface area (Å²) in [4.78, 5) is 0. The molecule has 1 aromatic rings. The van der Waals surface area contributed by atoms with E-state index in [0.29, 0.717) is 4.32 Å². The average molecular weight is 211 g/mol. The third kappa shape index (κ3) is 1.34. The summed E-state index contributed by atoms with van der Waals surface area (Å²) in [6.07, 6.45) is 2.58. The van der Waals surface area contributed by atoms with Crippen molar-refractivity contribution >= 4 is 15.9 Å². The van der Waals surface area contributed by atoms with Gasteiger partial charge in [-0.15, -0.1) is 0 Å². The largest absolute Gasteiger partial charge is 0.0801 e. The minimum Gasteiger partial charge on any atom is -0.0801 e. The Morgan fingerprint density at radius 1 is 1.18 bits per heavy atom. The second kappa shape index (κ2) is 2.34. The van der Waals surface area contributed by atoms with Gasteiger partial charge in [0.1, 0.15) is 0 Å². The highest BCUT2D eigenvalue weighted by Gasteiger charge is 2.41. The highest BCUT2D eigenvalue weighted by molar-refractivity contribution is 9.09. The molecule has 0 nitrogen and oxygen atoms in total. The number of benzene rings is 1. The molecule has 0 N–H and O–H groups in total. The van der Waals surface area contributed by atoms with E-state index < -0.39 is 0 Å². The normalized spacial score (nSPS) is 19.8. The van der Waals surface area contributed by atoms with E-state index in [1.54, 1.807) is 0 Å². The molecule has 0 bridgehead atoms. The Hall–Kier alpha value is -0.300. The molecule has 1 aromatic carbocycles. The number of hydrogen-bond acceptors (Lipinski definition) is 0. The SMILES string of the molecule is Cc1ccc(C2(Br)CC2)cc1. The van der Waals surface area contributed by atoms with Gasteiger partial charge in [-0.3, -0.25) is 0 Å². The van der Waals surface area contributed by atoms with Gasteiger partial charge in [-0.1, -0.05) is 45.8 Å². The number of aryl methyl sites for hydroxylation is 1. The Balaban J connectivity index is 2.33. The molecule has 1 heteroatoms. The van der Waals surface area contributed by atoms with Crippen LogP contribution in [0.25, 0.3) is 0 Å². The Labute approximate surface area is 75.8 Å². The molecule has 11 heavy (non-hydrogen) atoms. The summed E-state index contributed by atoms with van der Waals surface area (Å²) in [5, 5.41) is 0. The highest BCUT2D eigenvalue weighted by Crippen LogP contribution is 2.53. The van der Waals surface area contributed by atoms with E-state index in [0.717, 1.165) is 0 Å². The quantitative estimate of drug-likeness (QED) is 0.624. The minimum atomic E-state index is 0.348. The third-order valence-corrected chi connectivity index (χ3v) is 3.51. The summed E-state index contributed by atoms with van der Waals surface area (Å²) in [5.74, 6) is 0. The molecule has 1 saturated carbocycles. The summed E-state index contributed by atoms with van der Waals surface area (Å²) in [5.41, 5.74) is 2.77. The molecule has 0 aromatic heterocycles. The monoisotopic (exact) mass is 210 g/mol. The fraction of sp³-hybridized carbons (Fsp3) is 0.400. The van der Waals surface area contributed by atoms with Gasteiger partial charge < -0.3 is 0 Å². The van der Waals surface area contributed by atoms with Gasteiger partial charge in [0.25, 0.3) is 0 Å². The topological polar surface area (TPSA) is 0 Å². The lowest BCUT2D eigenvalue weighted by Crippen LogP contribution is -1.93. The number of alkyl halides is 1. The van der Waals surface area contributed by atoms with Gasteiger partial charge in [-0.25, -0.2) is 0 Å². The van der Waals surface area contributed by atoms with Gasteiger partial charge in [0, 0.05) is 0 Å². The molecular formula is C10H11Br. The first-order valence-electron chi connectivity index (χ1n) is 3.97. The molecule has 0 unspecified atom stereocenters. The van der Waals surface area contributed by atoms with Crippen molar-refractivity contribution in [3.8, 4) is 0 Å². The highest BCUT2D eigenvalue weighted by atomic mass is 79.9. The van der Waals surface area contributed by atoms with E-state index in [2.05, 4.69) is 47.1 Å². The van der Waals surface area contributed by atoms with Crippen molar-refractivity contribution in [3.63, 3.8) is 0 Å². The van der Waals surface area contributed by atoms with Crippen LogP contribution in [-0.4, -0.2) is 0 Å². The third-order valence-electron chi connectivity index (χ3n) is 2.26. The van der Waals surface area contributed by atoms with Crippen molar-refractivity contribution in [3.05, 3.63) is 35.4 Å². The van der Waals surface area contributed by atoms with Crippen LogP contribution in [0.3, 0.4) is 0 Å². The molecule has 2 rings (SSSR count). The smallest absolute Gasteiger partial charge is 0.0507 e. The molecule has 0 heterocycles. The van der Waals surface area contributed by atoms with Gasteiger partial charge >= 0.3 is 0 Å². The molecule has 0 saturated heterocycles. The van der Waals surface area contributed by atoms with Gasteiger partial charge in [0.2, 0.25) is 0 Å². The minimum absolute atomic E-state index is 0.348. The zero-order chi connectivity index (χ0) is 7.90. The van der Waals surface area contributed by atoms with Crippen molar-refractivity contribution in [2.45, 2.75) is 24.1 Å². The van der Waals surface area contributed by atoms with Crippen molar-refractivity contribution in [1.82, 2.24) is 0 Å². The van der Waals surface area contributed by atoms with E-state index in [1.165, 1.54) is 24.0 Å². The van der Waals surface area contributed by atoms with Crippen LogP contribution in [0.1, 0.15) is 24.0 Å². The Morgan fingerprint density at radius 2 is 1.73 bits per heavy atom. The van der Waals surface area contributed by atoms with E-state index in [9.17, 15) is 0 Å². The standard InChI is InChI=1S/C10H11Br/c1-8-2-4-9(5-3-8)10(11)6-7-10/h2-5H,6-7H2,1H3. The predicted molar refractivity (Wildman–Crippen MR) is 51.0 cm³/mol. The summed E-state index contributed by atoms with van der Waals surface area (Å²) >= 11 is 3.72. The molecule has 0 spiro atoms. The Bertz CT molecular complexity index is 257. The van der Waals surface area contributed by atoms with Crippen molar-refractivity contribution in [2.75, 3.05) is 0 Å². The summed E-state index contributed by atoms with van der Waals surface area (Å²) < 4.78 is 0.348. The lowest BCUT2D eigenvalue weighted by Gasteiger charge is -2.05.